The summed E-state index contributed by atoms with van der Waals surface area (Å²) in [5, 5.41) is 0. The molecule has 5 heteroatoms. The Kier molecular flexibility index (Phi) is 3.09. The Labute approximate surface area is 73.6 Å². The summed E-state index contributed by atoms with van der Waals surface area (Å²) in [5.74, 6) is 0.250. The Morgan fingerprint density at radius 3 is 2.67 bits per heavy atom. The first-order chi connectivity index (χ1) is 5.47. The molecule has 1 aliphatic rings. The summed E-state index contributed by atoms with van der Waals surface area (Å²) in [6.07, 6.45) is 2.26. The SMILES string of the molecule is CS(=O)(=O)CCN1CCC(N)C1. The lowest BCUT2D eigenvalue weighted by Gasteiger charge is -2.13. The van der Waals surface area contributed by atoms with Crippen LogP contribution in [-0.4, -0.2) is 51.0 Å². The second-order valence-electron chi connectivity index (χ2n) is 3.48. The van der Waals surface area contributed by atoms with Gasteiger partial charge in [-0.3, -0.25) is 0 Å². The van der Waals surface area contributed by atoms with E-state index in [9.17, 15) is 8.42 Å². The highest BCUT2D eigenvalue weighted by Gasteiger charge is 2.19. The van der Waals surface area contributed by atoms with Gasteiger partial charge in [-0.05, 0) is 13.0 Å². The summed E-state index contributed by atoms with van der Waals surface area (Å²) in [6.45, 7) is 2.42. The van der Waals surface area contributed by atoms with E-state index >= 15 is 0 Å². The zero-order valence-corrected chi connectivity index (χ0v) is 8.18. The number of nitrogens with zero attached hydrogens (tertiary/aromatic N) is 1. The van der Waals surface area contributed by atoms with Gasteiger partial charge in [-0.15, -0.1) is 0 Å². The van der Waals surface area contributed by atoms with E-state index in [-0.39, 0.29) is 11.8 Å². The molecular weight excluding hydrogens is 176 g/mol. The maximum Gasteiger partial charge on any atom is 0.148 e. The summed E-state index contributed by atoms with van der Waals surface area (Å²) < 4.78 is 21.6. The number of hydrogen-bond donors (Lipinski definition) is 1. The predicted molar refractivity (Wildman–Crippen MR) is 48.7 cm³/mol. The predicted octanol–water partition coefficient (Wildman–Crippen LogP) is -0.936. The molecule has 0 spiro atoms. The van der Waals surface area contributed by atoms with Gasteiger partial charge in [0.1, 0.15) is 9.84 Å². The van der Waals surface area contributed by atoms with Gasteiger partial charge in [-0.2, -0.15) is 0 Å². The number of hydrogen-bond acceptors (Lipinski definition) is 4. The molecule has 12 heavy (non-hydrogen) atoms. The average molecular weight is 192 g/mol. The molecule has 0 bridgehead atoms. The lowest BCUT2D eigenvalue weighted by atomic mass is 10.3. The van der Waals surface area contributed by atoms with E-state index in [0.717, 1.165) is 19.5 Å². The molecule has 0 aliphatic carbocycles. The van der Waals surface area contributed by atoms with Crippen molar-refractivity contribution in [3.8, 4) is 0 Å². The molecule has 0 radical (unpaired) electrons. The number of sulfone groups is 1. The van der Waals surface area contributed by atoms with Crippen molar-refractivity contribution in [3.05, 3.63) is 0 Å². The zero-order valence-electron chi connectivity index (χ0n) is 7.36. The van der Waals surface area contributed by atoms with Gasteiger partial charge in [0.15, 0.2) is 0 Å². The fourth-order valence-corrected chi connectivity index (χ4v) is 1.95. The highest BCUT2D eigenvalue weighted by Crippen LogP contribution is 2.06. The molecule has 2 N–H and O–H groups in total. The van der Waals surface area contributed by atoms with Crippen LogP contribution in [0.5, 0.6) is 0 Å². The molecule has 1 fully saturated rings. The fraction of sp³-hybridized carbons (Fsp3) is 1.00. The maximum atomic E-state index is 10.8. The van der Waals surface area contributed by atoms with Crippen molar-refractivity contribution in [1.29, 1.82) is 0 Å². The lowest BCUT2D eigenvalue weighted by Crippen LogP contribution is -2.30. The molecule has 72 valence electrons. The second-order valence-corrected chi connectivity index (χ2v) is 5.74. The van der Waals surface area contributed by atoms with Gasteiger partial charge in [0, 0.05) is 25.4 Å². The molecule has 0 amide bonds. The van der Waals surface area contributed by atoms with Crippen LogP contribution in [0.2, 0.25) is 0 Å². The molecule has 4 nitrogen and oxygen atoms in total. The van der Waals surface area contributed by atoms with E-state index < -0.39 is 9.84 Å². The molecule has 1 unspecified atom stereocenters. The van der Waals surface area contributed by atoms with Crippen molar-refractivity contribution < 1.29 is 8.42 Å². The van der Waals surface area contributed by atoms with Crippen LogP contribution in [-0.2, 0) is 9.84 Å². The first-order valence-corrected chi connectivity index (χ1v) is 6.19. The summed E-state index contributed by atoms with van der Waals surface area (Å²) in [6, 6.07) is 0.240. The molecule has 1 heterocycles. The lowest BCUT2D eigenvalue weighted by molar-refractivity contribution is 0.354. The third kappa shape index (κ3) is 3.51. The molecule has 0 aromatic carbocycles. The molecule has 1 saturated heterocycles. The minimum absolute atomic E-state index is 0.240. The van der Waals surface area contributed by atoms with Crippen molar-refractivity contribution in [1.82, 2.24) is 4.90 Å². The Balaban J connectivity index is 2.25. The van der Waals surface area contributed by atoms with Crippen LogP contribution in [0.15, 0.2) is 0 Å². The van der Waals surface area contributed by atoms with Crippen LogP contribution in [0.3, 0.4) is 0 Å². The molecule has 1 atom stereocenters. The monoisotopic (exact) mass is 192 g/mol. The van der Waals surface area contributed by atoms with E-state index in [1.54, 1.807) is 0 Å². The number of rotatable bonds is 3. The topological polar surface area (TPSA) is 63.4 Å². The summed E-state index contributed by atoms with van der Waals surface area (Å²) in [5.41, 5.74) is 5.67. The summed E-state index contributed by atoms with van der Waals surface area (Å²) >= 11 is 0. The third-order valence-electron chi connectivity index (χ3n) is 2.09. The van der Waals surface area contributed by atoms with Crippen LogP contribution in [0.4, 0.5) is 0 Å². The van der Waals surface area contributed by atoms with Crippen LogP contribution < -0.4 is 5.73 Å². The van der Waals surface area contributed by atoms with E-state index in [4.69, 9.17) is 5.73 Å². The van der Waals surface area contributed by atoms with Crippen LogP contribution in [0.1, 0.15) is 6.42 Å². The van der Waals surface area contributed by atoms with Crippen LogP contribution in [0, 0.1) is 0 Å². The molecule has 0 saturated carbocycles. The van der Waals surface area contributed by atoms with Gasteiger partial charge in [-0.25, -0.2) is 8.42 Å². The Morgan fingerprint density at radius 2 is 2.25 bits per heavy atom. The highest BCUT2D eigenvalue weighted by atomic mass is 32.2. The molecule has 1 aliphatic heterocycles. The van der Waals surface area contributed by atoms with Crippen molar-refractivity contribution in [3.63, 3.8) is 0 Å². The molecular formula is C7H16N2O2S. The Hall–Kier alpha value is -0.130. The van der Waals surface area contributed by atoms with Crippen molar-refractivity contribution in [2.75, 3.05) is 31.6 Å². The first-order valence-electron chi connectivity index (χ1n) is 4.13. The highest BCUT2D eigenvalue weighted by molar-refractivity contribution is 7.90. The van der Waals surface area contributed by atoms with Crippen molar-refractivity contribution in [2.24, 2.45) is 5.73 Å². The Morgan fingerprint density at radius 1 is 1.58 bits per heavy atom. The van der Waals surface area contributed by atoms with Crippen LogP contribution in [0.25, 0.3) is 0 Å². The van der Waals surface area contributed by atoms with E-state index in [2.05, 4.69) is 4.90 Å². The van der Waals surface area contributed by atoms with Gasteiger partial charge >= 0.3 is 0 Å². The first kappa shape index (κ1) is 9.95. The zero-order chi connectivity index (χ0) is 9.19. The van der Waals surface area contributed by atoms with Gasteiger partial charge in [0.25, 0.3) is 0 Å². The quantitative estimate of drug-likeness (QED) is 0.627. The van der Waals surface area contributed by atoms with Gasteiger partial charge in [0.2, 0.25) is 0 Å². The largest absolute Gasteiger partial charge is 0.326 e. The third-order valence-corrected chi connectivity index (χ3v) is 3.01. The molecule has 0 aromatic heterocycles. The van der Waals surface area contributed by atoms with E-state index in [1.807, 2.05) is 0 Å². The van der Waals surface area contributed by atoms with Crippen molar-refractivity contribution >= 4 is 9.84 Å². The standard InChI is InChI=1S/C7H16N2O2S/c1-12(10,11)5-4-9-3-2-7(8)6-9/h7H,2-6,8H2,1H3. The van der Waals surface area contributed by atoms with E-state index in [0.29, 0.717) is 6.54 Å². The smallest absolute Gasteiger partial charge is 0.148 e. The maximum absolute atomic E-state index is 10.8. The van der Waals surface area contributed by atoms with Crippen molar-refractivity contribution in [2.45, 2.75) is 12.5 Å². The minimum atomic E-state index is -2.81. The number of likely N-dealkylation sites (tertiary alicyclic amines) is 1. The van der Waals surface area contributed by atoms with Gasteiger partial charge in [-0.1, -0.05) is 0 Å². The fourth-order valence-electron chi connectivity index (χ4n) is 1.36. The number of nitrogens with two attached hydrogens (primary N) is 1. The molecule has 0 aromatic rings. The summed E-state index contributed by atoms with van der Waals surface area (Å²) in [4.78, 5) is 2.10. The van der Waals surface area contributed by atoms with E-state index in [1.165, 1.54) is 6.26 Å². The molecule has 1 rings (SSSR count). The van der Waals surface area contributed by atoms with Gasteiger partial charge < -0.3 is 10.6 Å². The second kappa shape index (κ2) is 3.72. The Bertz CT molecular complexity index is 238. The average Bonchev–Trinajstić information content (AvgIpc) is 2.30. The van der Waals surface area contributed by atoms with Crippen LogP contribution >= 0.6 is 0 Å². The summed E-state index contributed by atoms with van der Waals surface area (Å²) in [7, 11) is -2.81. The van der Waals surface area contributed by atoms with Gasteiger partial charge in [0.05, 0.1) is 5.75 Å². The normalized spacial score (nSPS) is 26.3. The minimum Gasteiger partial charge on any atom is -0.326 e.